The molecule has 0 radical (unpaired) electrons. The third-order valence-corrected chi connectivity index (χ3v) is 8.53. The van der Waals surface area contributed by atoms with Gasteiger partial charge in [-0.3, -0.25) is 0 Å². The second kappa shape index (κ2) is 16.2. The standard InChI is InChI=1S/C22H46O2P/c1-5-9-11-13-14-15-16-18-20-25(24)22(7-3,8-4)21(23)19-17-12-10-6-2/h21,23H,5-20H2,1-4H3/q+1. The fraction of sp³-hybridized carbons (Fsp3) is 1.00. The minimum absolute atomic E-state index is 0.345. The van der Waals surface area contributed by atoms with Crippen molar-refractivity contribution < 1.29 is 9.67 Å². The largest absolute Gasteiger partial charge is 0.388 e. The third kappa shape index (κ3) is 10.1. The van der Waals surface area contributed by atoms with Crippen molar-refractivity contribution in [2.45, 2.75) is 135 Å². The molecular formula is C22H46O2P+. The lowest BCUT2D eigenvalue weighted by atomic mass is 9.91. The monoisotopic (exact) mass is 373 g/mol. The number of hydrogen-bond donors (Lipinski definition) is 1. The first-order valence-electron chi connectivity index (χ1n) is 11.2. The Bertz CT molecular complexity index is 313. The molecule has 0 amide bonds. The summed E-state index contributed by atoms with van der Waals surface area (Å²) in [5.41, 5.74) is 0. The first-order chi connectivity index (χ1) is 12.1. The topological polar surface area (TPSA) is 37.3 Å². The molecule has 0 saturated heterocycles. The SMILES string of the molecule is CCCCCCCCCC[P+](=O)C(CC)(CC)C(O)CCCCCC. The molecule has 0 aromatic rings. The van der Waals surface area contributed by atoms with Crippen LogP contribution in [0.5, 0.6) is 0 Å². The van der Waals surface area contributed by atoms with Crippen molar-refractivity contribution in [2.75, 3.05) is 6.16 Å². The van der Waals surface area contributed by atoms with Crippen LogP contribution in [0.4, 0.5) is 0 Å². The highest BCUT2D eigenvalue weighted by Gasteiger charge is 2.50. The molecule has 0 bridgehead atoms. The maximum Gasteiger partial charge on any atom is 0.347 e. The normalized spacial score (nSPS) is 13.9. The van der Waals surface area contributed by atoms with Crippen LogP contribution in [0.25, 0.3) is 0 Å². The van der Waals surface area contributed by atoms with Gasteiger partial charge in [0.2, 0.25) is 0 Å². The summed E-state index contributed by atoms with van der Waals surface area (Å²) < 4.78 is 13.0. The predicted molar refractivity (Wildman–Crippen MR) is 113 cm³/mol. The van der Waals surface area contributed by atoms with E-state index >= 15 is 0 Å². The molecule has 0 fully saturated rings. The van der Waals surface area contributed by atoms with Crippen molar-refractivity contribution in [1.82, 2.24) is 0 Å². The summed E-state index contributed by atoms with van der Waals surface area (Å²) in [6.07, 6.45) is 17.9. The Morgan fingerprint density at radius 1 is 0.720 bits per heavy atom. The average molecular weight is 374 g/mol. The van der Waals surface area contributed by atoms with Crippen LogP contribution in [0.2, 0.25) is 0 Å². The van der Waals surface area contributed by atoms with E-state index in [0.29, 0.717) is 0 Å². The van der Waals surface area contributed by atoms with Crippen LogP contribution in [0.1, 0.15) is 124 Å². The minimum Gasteiger partial charge on any atom is -0.388 e. The Kier molecular flexibility index (Phi) is 16.3. The van der Waals surface area contributed by atoms with Gasteiger partial charge in [-0.05, 0) is 32.1 Å². The fourth-order valence-electron chi connectivity index (χ4n) is 3.89. The van der Waals surface area contributed by atoms with Crippen LogP contribution >= 0.6 is 7.80 Å². The number of unbranched alkanes of at least 4 members (excludes halogenated alkanes) is 10. The highest BCUT2D eigenvalue weighted by Crippen LogP contribution is 2.48. The van der Waals surface area contributed by atoms with E-state index in [-0.39, 0.29) is 5.16 Å². The second-order valence-corrected chi connectivity index (χ2v) is 9.85. The van der Waals surface area contributed by atoms with Gasteiger partial charge in [0.15, 0.2) is 5.16 Å². The van der Waals surface area contributed by atoms with Crippen molar-refractivity contribution in [3.8, 4) is 0 Å². The van der Waals surface area contributed by atoms with Gasteiger partial charge < -0.3 is 5.11 Å². The average Bonchev–Trinajstić information content (AvgIpc) is 2.62. The first-order valence-corrected chi connectivity index (χ1v) is 12.7. The molecule has 0 aliphatic carbocycles. The fourth-order valence-corrected chi connectivity index (χ4v) is 6.01. The molecule has 0 aromatic heterocycles. The second-order valence-electron chi connectivity index (χ2n) is 7.75. The molecule has 0 aliphatic heterocycles. The van der Waals surface area contributed by atoms with Crippen LogP contribution in [-0.4, -0.2) is 22.5 Å². The summed E-state index contributed by atoms with van der Waals surface area (Å²) in [4.78, 5) is 0. The quantitative estimate of drug-likeness (QED) is 0.196. The summed E-state index contributed by atoms with van der Waals surface area (Å²) in [5.74, 6) is 0. The molecule has 3 heteroatoms. The Hall–Kier alpha value is 0.0600. The first kappa shape index (κ1) is 25.1. The molecular weight excluding hydrogens is 327 g/mol. The van der Waals surface area contributed by atoms with Crippen LogP contribution in [0, 0.1) is 0 Å². The number of aliphatic hydroxyl groups is 1. The van der Waals surface area contributed by atoms with E-state index in [1.165, 1.54) is 64.2 Å². The lowest BCUT2D eigenvalue weighted by Crippen LogP contribution is -2.38. The molecule has 0 aromatic carbocycles. The van der Waals surface area contributed by atoms with E-state index in [2.05, 4.69) is 27.7 Å². The zero-order valence-electron chi connectivity index (χ0n) is 17.7. The van der Waals surface area contributed by atoms with Crippen molar-refractivity contribution in [2.24, 2.45) is 0 Å². The Morgan fingerprint density at radius 2 is 1.16 bits per heavy atom. The lowest BCUT2D eigenvalue weighted by Gasteiger charge is -2.27. The summed E-state index contributed by atoms with van der Waals surface area (Å²) in [7, 11) is -1.32. The van der Waals surface area contributed by atoms with Crippen molar-refractivity contribution in [3.05, 3.63) is 0 Å². The van der Waals surface area contributed by atoms with Gasteiger partial charge in [-0.2, -0.15) is 0 Å². The minimum atomic E-state index is -1.32. The highest BCUT2D eigenvalue weighted by molar-refractivity contribution is 7.46. The van der Waals surface area contributed by atoms with Crippen LogP contribution in [0.15, 0.2) is 0 Å². The zero-order valence-corrected chi connectivity index (χ0v) is 18.6. The molecule has 1 N–H and O–H groups in total. The van der Waals surface area contributed by atoms with Crippen molar-refractivity contribution >= 4 is 7.80 Å². The maximum atomic E-state index is 13.0. The molecule has 0 spiro atoms. The predicted octanol–water partition coefficient (Wildman–Crippen LogP) is 7.84. The smallest absolute Gasteiger partial charge is 0.347 e. The van der Waals surface area contributed by atoms with Crippen molar-refractivity contribution in [3.63, 3.8) is 0 Å². The molecule has 25 heavy (non-hydrogen) atoms. The zero-order chi connectivity index (χ0) is 19.0. The van der Waals surface area contributed by atoms with Crippen LogP contribution in [0.3, 0.4) is 0 Å². The van der Waals surface area contributed by atoms with Gasteiger partial charge in [-0.1, -0.05) is 96.5 Å². The molecule has 0 saturated carbocycles. The molecule has 2 unspecified atom stereocenters. The Balaban J connectivity index is 4.20. The van der Waals surface area contributed by atoms with Gasteiger partial charge in [0.1, 0.15) is 12.3 Å². The highest BCUT2D eigenvalue weighted by atomic mass is 31.1. The number of hydrogen-bond acceptors (Lipinski definition) is 2. The molecule has 2 atom stereocenters. The van der Waals surface area contributed by atoms with Gasteiger partial charge in [0.25, 0.3) is 0 Å². The summed E-state index contributed by atoms with van der Waals surface area (Å²) >= 11 is 0. The summed E-state index contributed by atoms with van der Waals surface area (Å²) in [6.45, 7) is 8.68. The van der Waals surface area contributed by atoms with E-state index in [4.69, 9.17) is 0 Å². The Labute approximate surface area is 159 Å². The van der Waals surface area contributed by atoms with Crippen LogP contribution < -0.4 is 0 Å². The van der Waals surface area contributed by atoms with Gasteiger partial charge in [-0.15, -0.1) is 0 Å². The lowest BCUT2D eigenvalue weighted by molar-refractivity contribution is 0.106. The van der Waals surface area contributed by atoms with Crippen LogP contribution in [-0.2, 0) is 4.57 Å². The van der Waals surface area contributed by atoms with E-state index in [1.54, 1.807) is 0 Å². The number of rotatable bonds is 18. The van der Waals surface area contributed by atoms with Crippen molar-refractivity contribution in [1.29, 1.82) is 0 Å². The molecule has 2 nitrogen and oxygen atoms in total. The van der Waals surface area contributed by atoms with E-state index in [0.717, 1.165) is 38.3 Å². The maximum absolute atomic E-state index is 13.0. The third-order valence-electron chi connectivity index (χ3n) is 5.89. The molecule has 0 rings (SSSR count). The van der Waals surface area contributed by atoms with Gasteiger partial charge >= 0.3 is 7.80 Å². The number of aliphatic hydroxyl groups excluding tert-OH is 1. The Morgan fingerprint density at radius 3 is 1.64 bits per heavy atom. The van der Waals surface area contributed by atoms with E-state index in [9.17, 15) is 9.67 Å². The summed E-state index contributed by atoms with van der Waals surface area (Å²) in [5, 5.41) is 10.4. The molecule has 150 valence electrons. The van der Waals surface area contributed by atoms with Gasteiger partial charge in [0.05, 0.1) is 0 Å². The van der Waals surface area contributed by atoms with Gasteiger partial charge in [-0.25, -0.2) is 0 Å². The van der Waals surface area contributed by atoms with E-state index < -0.39 is 13.9 Å². The summed E-state index contributed by atoms with van der Waals surface area (Å²) in [6, 6.07) is 0. The molecule has 0 aliphatic rings. The van der Waals surface area contributed by atoms with E-state index in [1.807, 2.05) is 0 Å². The molecule has 0 heterocycles. The van der Waals surface area contributed by atoms with Gasteiger partial charge in [0, 0.05) is 0 Å².